The lowest BCUT2D eigenvalue weighted by molar-refractivity contribution is 0.111. The number of benzene rings is 1. The number of hydrogen-bond donors (Lipinski definition) is 0. The second-order valence-electron chi connectivity index (χ2n) is 4.48. The fourth-order valence-electron chi connectivity index (χ4n) is 2.02. The Labute approximate surface area is 113 Å². The molecule has 0 fully saturated rings. The van der Waals surface area contributed by atoms with Gasteiger partial charge in [0.15, 0.2) is 6.29 Å². The van der Waals surface area contributed by atoms with Gasteiger partial charge in [-0.2, -0.15) is 0 Å². The molecule has 4 nitrogen and oxygen atoms in total. The van der Waals surface area contributed by atoms with Crippen molar-refractivity contribution in [3.05, 3.63) is 47.5 Å². The van der Waals surface area contributed by atoms with E-state index in [4.69, 9.17) is 4.74 Å². The molecule has 0 bridgehead atoms. The van der Waals surface area contributed by atoms with E-state index in [-0.39, 0.29) is 0 Å². The van der Waals surface area contributed by atoms with Crippen molar-refractivity contribution >= 4 is 6.29 Å². The number of nitrogens with zero attached hydrogens (tertiary/aromatic N) is 2. The average Bonchev–Trinajstić information content (AvgIpc) is 2.85. The Bertz CT molecular complexity index is 561. The second kappa shape index (κ2) is 6.18. The van der Waals surface area contributed by atoms with Crippen LogP contribution in [0.25, 0.3) is 0 Å². The highest BCUT2D eigenvalue weighted by atomic mass is 16.5. The van der Waals surface area contributed by atoms with Crippen LogP contribution in [0.15, 0.2) is 30.7 Å². The summed E-state index contributed by atoms with van der Waals surface area (Å²) in [6.07, 6.45) is 5.48. The van der Waals surface area contributed by atoms with Gasteiger partial charge >= 0.3 is 0 Å². The van der Waals surface area contributed by atoms with E-state index >= 15 is 0 Å². The highest BCUT2D eigenvalue weighted by Crippen LogP contribution is 2.23. The van der Waals surface area contributed by atoms with Crippen molar-refractivity contribution in [3.8, 4) is 5.75 Å². The molecule has 19 heavy (non-hydrogen) atoms. The summed E-state index contributed by atoms with van der Waals surface area (Å²) in [7, 11) is 0. The molecule has 0 saturated heterocycles. The molecule has 1 aromatic carbocycles. The largest absolute Gasteiger partial charge is 0.486 e. The maximum absolute atomic E-state index is 11.0. The molecule has 0 unspecified atom stereocenters. The summed E-state index contributed by atoms with van der Waals surface area (Å²) in [5, 5.41) is 0. The smallest absolute Gasteiger partial charge is 0.153 e. The van der Waals surface area contributed by atoms with E-state index in [2.05, 4.69) is 16.5 Å². The second-order valence-corrected chi connectivity index (χ2v) is 4.48. The molecule has 2 aromatic rings. The van der Waals surface area contributed by atoms with Crippen LogP contribution in [0.5, 0.6) is 5.75 Å². The molecule has 0 amide bonds. The summed E-state index contributed by atoms with van der Waals surface area (Å²) < 4.78 is 7.87. The van der Waals surface area contributed by atoms with Gasteiger partial charge in [0, 0.05) is 6.54 Å². The van der Waals surface area contributed by atoms with E-state index in [1.54, 1.807) is 18.6 Å². The number of para-hydroxylation sites is 1. The van der Waals surface area contributed by atoms with Crippen molar-refractivity contribution in [2.24, 2.45) is 0 Å². The minimum absolute atomic E-state index is 0.422. The lowest BCUT2D eigenvalue weighted by atomic mass is 10.1. The van der Waals surface area contributed by atoms with E-state index in [9.17, 15) is 4.79 Å². The zero-order chi connectivity index (χ0) is 13.7. The fourth-order valence-corrected chi connectivity index (χ4v) is 2.02. The number of hydrogen-bond acceptors (Lipinski definition) is 3. The maximum Gasteiger partial charge on any atom is 0.153 e. The van der Waals surface area contributed by atoms with Gasteiger partial charge in [0.2, 0.25) is 0 Å². The molecule has 0 spiro atoms. The van der Waals surface area contributed by atoms with Gasteiger partial charge in [-0.3, -0.25) is 4.79 Å². The highest BCUT2D eigenvalue weighted by molar-refractivity contribution is 5.80. The third-order valence-electron chi connectivity index (χ3n) is 3.00. The molecule has 0 radical (unpaired) electrons. The summed E-state index contributed by atoms with van der Waals surface area (Å²) in [6, 6.07) is 5.55. The van der Waals surface area contributed by atoms with Crippen molar-refractivity contribution in [2.45, 2.75) is 33.4 Å². The monoisotopic (exact) mass is 258 g/mol. The molecule has 0 aliphatic carbocycles. The number of carbonyl (C=O) groups is 1. The van der Waals surface area contributed by atoms with Crippen LogP contribution in [0.1, 0.15) is 35.0 Å². The Kier molecular flexibility index (Phi) is 4.34. The molecule has 100 valence electrons. The van der Waals surface area contributed by atoms with Crippen LogP contribution < -0.4 is 4.74 Å². The summed E-state index contributed by atoms with van der Waals surface area (Å²) in [4.78, 5) is 15.1. The first-order valence-electron chi connectivity index (χ1n) is 6.42. The predicted molar refractivity (Wildman–Crippen MR) is 73.4 cm³/mol. The van der Waals surface area contributed by atoms with Gasteiger partial charge in [0.05, 0.1) is 23.8 Å². The molecule has 1 heterocycles. The third-order valence-corrected chi connectivity index (χ3v) is 3.00. The highest BCUT2D eigenvalue weighted by Gasteiger charge is 2.08. The molecule has 0 aliphatic heterocycles. The number of carbonyl (C=O) groups excluding carboxylic acids is 1. The van der Waals surface area contributed by atoms with Crippen LogP contribution in [0.3, 0.4) is 0 Å². The van der Waals surface area contributed by atoms with Crippen molar-refractivity contribution < 1.29 is 9.53 Å². The lowest BCUT2D eigenvalue weighted by Gasteiger charge is -2.12. The molecule has 4 heteroatoms. The number of rotatable bonds is 6. The number of aryl methyl sites for hydroxylation is 2. The number of ether oxygens (including phenoxy) is 1. The van der Waals surface area contributed by atoms with Gasteiger partial charge in [0.25, 0.3) is 0 Å². The van der Waals surface area contributed by atoms with Crippen LogP contribution in [-0.4, -0.2) is 15.8 Å². The van der Waals surface area contributed by atoms with Gasteiger partial charge in [-0.05, 0) is 25.0 Å². The SMILES string of the molecule is CCCn1cncc1COc1c(C)cccc1C=O. The minimum atomic E-state index is 0.422. The molecule has 0 saturated carbocycles. The first kappa shape index (κ1) is 13.3. The first-order chi connectivity index (χ1) is 9.26. The molecule has 0 atom stereocenters. The van der Waals surface area contributed by atoms with Gasteiger partial charge < -0.3 is 9.30 Å². The predicted octanol–water partition coefficient (Wildman–Crippen LogP) is 2.99. The number of imidazole rings is 1. The Morgan fingerprint density at radius 2 is 2.26 bits per heavy atom. The van der Waals surface area contributed by atoms with Gasteiger partial charge in [-0.25, -0.2) is 4.98 Å². The third kappa shape index (κ3) is 3.02. The first-order valence-corrected chi connectivity index (χ1v) is 6.42. The van der Waals surface area contributed by atoms with Crippen molar-refractivity contribution in [3.63, 3.8) is 0 Å². The molecule has 0 aliphatic rings. The van der Waals surface area contributed by atoms with Crippen LogP contribution in [0, 0.1) is 6.92 Å². The standard InChI is InChI=1S/C15H18N2O2/c1-3-7-17-11-16-8-14(17)10-19-15-12(2)5-4-6-13(15)9-18/h4-6,8-9,11H,3,7,10H2,1-2H3. The van der Waals surface area contributed by atoms with Gasteiger partial charge in [-0.15, -0.1) is 0 Å². The Balaban J connectivity index is 2.14. The van der Waals surface area contributed by atoms with E-state index in [1.165, 1.54) is 0 Å². The van der Waals surface area contributed by atoms with Crippen molar-refractivity contribution in [1.82, 2.24) is 9.55 Å². The maximum atomic E-state index is 11.0. The van der Waals surface area contributed by atoms with Crippen molar-refractivity contribution in [2.75, 3.05) is 0 Å². The van der Waals surface area contributed by atoms with Crippen molar-refractivity contribution in [1.29, 1.82) is 0 Å². The zero-order valence-electron chi connectivity index (χ0n) is 11.3. The minimum Gasteiger partial charge on any atom is -0.486 e. The zero-order valence-corrected chi connectivity index (χ0v) is 11.3. The van der Waals surface area contributed by atoms with E-state index < -0.39 is 0 Å². The van der Waals surface area contributed by atoms with Gasteiger partial charge in [-0.1, -0.05) is 19.1 Å². The van der Waals surface area contributed by atoms with E-state index in [0.29, 0.717) is 17.9 Å². The Morgan fingerprint density at radius 3 is 3.00 bits per heavy atom. The molecule has 1 aromatic heterocycles. The molecule has 2 rings (SSSR count). The fraction of sp³-hybridized carbons (Fsp3) is 0.333. The normalized spacial score (nSPS) is 10.4. The van der Waals surface area contributed by atoms with E-state index in [0.717, 1.165) is 30.5 Å². The summed E-state index contributed by atoms with van der Waals surface area (Å²) >= 11 is 0. The summed E-state index contributed by atoms with van der Waals surface area (Å²) in [5.74, 6) is 0.654. The van der Waals surface area contributed by atoms with Crippen LogP contribution in [0.4, 0.5) is 0 Å². The molecule has 0 N–H and O–H groups in total. The number of aldehydes is 1. The van der Waals surface area contributed by atoms with Crippen LogP contribution in [-0.2, 0) is 13.2 Å². The topological polar surface area (TPSA) is 44.1 Å². The average molecular weight is 258 g/mol. The lowest BCUT2D eigenvalue weighted by Crippen LogP contribution is -2.06. The van der Waals surface area contributed by atoms with Crippen LogP contribution >= 0.6 is 0 Å². The van der Waals surface area contributed by atoms with Crippen LogP contribution in [0.2, 0.25) is 0 Å². The Morgan fingerprint density at radius 1 is 1.42 bits per heavy atom. The van der Waals surface area contributed by atoms with E-state index in [1.807, 2.05) is 19.1 Å². The quantitative estimate of drug-likeness (QED) is 0.748. The number of aromatic nitrogens is 2. The summed E-state index contributed by atoms with van der Waals surface area (Å²) in [6.45, 7) is 5.40. The Hall–Kier alpha value is -2.10. The summed E-state index contributed by atoms with van der Waals surface area (Å²) in [5.41, 5.74) is 2.56. The van der Waals surface area contributed by atoms with Gasteiger partial charge in [0.1, 0.15) is 12.4 Å². The molecular formula is C15H18N2O2. The molecular weight excluding hydrogens is 240 g/mol.